The van der Waals surface area contributed by atoms with Gasteiger partial charge in [0.2, 0.25) is 5.91 Å². The molecular formula is C12H18N2O. The van der Waals surface area contributed by atoms with E-state index in [0.717, 1.165) is 6.42 Å². The van der Waals surface area contributed by atoms with E-state index in [2.05, 4.69) is 18.0 Å². The van der Waals surface area contributed by atoms with Crippen molar-refractivity contribution in [3.05, 3.63) is 30.9 Å². The molecule has 0 saturated heterocycles. The molecule has 0 radical (unpaired) electrons. The fraction of sp³-hybridized carbons (Fsp3) is 0.500. The predicted octanol–water partition coefficient (Wildman–Crippen LogP) is 3.05. The average molecular weight is 206 g/mol. The summed E-state index contributed by atoms with van der Waals surface area (Å²) in [6, 6.07) is 0. The molecular weight excluding hydrogens is 188 g/mol. The van der Waals surface area contributed by atoms with Gasteiger partial charge >= 0.3 is 0 Å². The number of allylic oxidation sites excluding steroid dienone is 2. The Morgan fingerprint density at radius 1 is 1.40 bits per heavy atom. The van der Waals surface area contributed by atoms with Gasteiger partial charge in [0.15, 0.2) is 0 Å². The molecule has 1 aromatic rings. The van der Waals surface area contributed by atoms with Gasteiger partial charge in [0, 0.05) is 18.8 Å². The number of aromatic nitrogens is 2. The summed E-state index contributed by atoms with van der Waals surface area (Å²) in [5.41, 5.74) is 0. The molecule has 1 rings (SSSR count). The van der Waals surface area contributed by atoms with Gasteiger partial charge in [-0.25, -0.2) is 4.98 Å². The maximum Gasteiger partial charge on any atom is 0.235 e. The van der Waals surface area contributed by atoms with Crippen LogP contribution in [0.3, 0.4) is 0 Å². The van der Waals surface area contributed by atoms with E-state index in [1.54, 1.807) is 12.4 Å². The number of nitrogens with zero attached hydrogens (tertiary/aromatic N) is 2. The number of hydrogen-bond donors (Lipinski definition) is 0. The maximum absolute atomic E-state index is 11.5. The van der Waals surface area contributed by atoms with Crippen LogP contribution < -0.4 is 0 Å². The van der Waals surface area contributed by atoms with Crippen LogP contribution in [0, 0.1) is 0 Å². The van der Waals surface area contributed by atoms with Crippen molar-refractivity contribution in [3.63, 3.8) is 0 Å². The highest BCUT2D eigenvalue weighted by Gasteiger charge is 1.99. The van der Waals surface area contributed by atoms with Crippen LogP contribution in [0.4, 0.5) is 0 Å². The first-order valence-corrected chi connectivity index (χ1v) is 5.50. The molecule has 1 heterocycles. The molecule has 82 valence electrons. The van der Waals surface area contributed by atoms with E-state index in [-0.39, 0.29) is 5.91 Å². The topological polar surface area (TPSA) is 34.9 Å². The van der Waals surface area contributed by atoms with Crippen LogP contribution >= 0.6 is 0 Å². The minimum atomic E-state index is 0.0687. The van der Waals surface area contributed by atoms with Crippen LogP contribution in [0.25, 0.3) is 0 Å². The zero-order valence-corrected chi connectivity index (χ0v) is 9.22. The van der Waals surface area contributed by atoms with Gasteiger partial charge in [-0.1, -0.05) is 31.9 Å². The molecule has 0 atom stereocenters. The van der Waals surface area contributed by atoms with Gasteiger partial charge in [-0.3, -0.25) is 9.36 Å². The molecule has 3 nitrogen and oxygen atoms in total. The highest BCUT2D eigenvalue weighted by atomic mass is 16.2. The fourth-order valence-corrected chi connectivity index (χ4v) is 1.33. The summed E-state index contributed by atoms with van der Waals surface area (Å²) >= 11 is 0. The molecule has 0 unspecified atom stereocenters. The van der Waals surface area contributed by atoms with Gasteiger partial charge in [-0.05, 0) is 12.8 Å². The molecule has 0 aliphatic carbocycles. The zero-order chi connectivity index (χ0) is 10.9. The number of imidazole rings is 1. The Labute approximate surface area is 90.8 Å². The summed E-state index contributed by atoms with van der Waals surface area (Å²) in [7, 11) is 0. The van der Waals surface area contributed by atoms with Crippen LogP contribution in [0.15, 0.2) is 30.9 Å². The van der Waals surface area contributed by atoms with Crippen LogP contribution in [-0.4, -0.2) is 15.5 Å². The first-order valence-electron chi connectivity index (χ1n) is 5.50. The van der Waals surface area contributed by atoms with Gasteiger partial charge in [-0.2, -0.15) is 0 Å². The lowest BCUT2D eigenvalue weighted by molar-refractivity contribution is 0.0917. The van der Waals surface area contributed by atoms with E-state index in [1.165, 1.54) is 30.2 Å². The van der Waals surface area contributed by atoms with Gasteiger partial charge in [-0.15, -0.1) is 0 Å². The number of hydrogen-bond acceptors (Lipinski definition) is 2. The normalized spacial score (nSPS) is 11.0. The van der Waals surface area contributed by atoms with Crippen LogP contribution in [0.1, 0.15) is 43.8 Å². The average Bonchev–Trinajstić information content (AvgIpc) is 2.76. The van der Waals surface area contributed by atoms with Gasteiger partial charge in [0.25, 0.3) is 0 Å². The fourth-order valence-electron chi connectivity index (χ4n) is 1.33. The molecule has 0 bridgehead atoms. The molecule has 0 amide bonds. The summed E-state index contributed by atoms with van der Waals surface area (Å²) in [6.45, 7) is 2.19. The first-order chi connectivity index (χ1) is 7.34. The lowest BCUT2D eigenvalue weighted by atomic mass is 10.2. The standard InChI is InChI=1S/C12H18N2O/c1-2-3-4-5-6-7-8-12(15)14-10-9-13-11-14/h6-7,9-11H,2-5,8H2,1H3. The first kappa shape index (κ1) is 11.7. The lowest BCUT2D eigenvalue weighted by Gasteiger charge is -1.96. The van der Waals surface area contributed by atoms with Gasteiger partial charge in [0.1, 0.15) is 6.33 Å². The number of carbonyl (C=O) groups excluding carboxylic acids is 1. The third-order valence-corrected chi connectivity index (χ3v) is 2.23. The Morgan fingerprint density at radius 3 is 2.93 bits per heavy atom. The van der Waals surface area contributed by atoms with Crippen molar-refractivity contribution in [2.45, 2.75) is 39.0 Å². The minimum absolute atomic E-state index is 0.0687. The van der Waals surface area contributed by atoms with E-state index in [0.29, 0.717) is 6.42 Å². The second-order valence-corrected chi connectivity index (χ2v) is 3.54. The summed E-state index contributed by atoms with van der Waals surface area (Å²) in [6.07, 6.45) is 14.1. The zero-order valence-electron chi connectivity index (χ0n) is 9.22. The Kier molecular flexibility index (Phi) is 5.44. The molecule has 0 spiro atoms. The molecule has 0 aliphatic rings. The van der Waals surface area contributed by atoms with E-state index in [4.69, 9.17) is 0 Å². The number of rotatable bonds is 6. The number of carbonyl (C=O) groups is 1. The number of unbranched alkanes of at least 4 members (excludes halogenated alkanes) is 3. The lowest BCUT2D eigenvalue weighted by Crippen LogP contribution is -2.05. The van der Waals surface area contributed by atoms with Crippen LogP contribution in [0.2, 0.25) is 0 Å². The Hall–Kier alpha value is -1.38. The quantitative estimate of drug-likeness (QED) is 0.529. The van der Waals surface area contributed by atoms with Crippen molar-refractivity contribution in [2.24, 2.45) is 0 Å². The predicted molar refractivity (Wildman–Crippen MR) is 60.8 cm³/mol. The van der Waals surface area contributed by atoms with Crippen molar-refractivity contribution in [1.29, 1.82) is 0 Å². The largest absolute Gasteiger partial charge is 0.276 e. The smallest absolute Gasteiger partial charge is 0.235 e. The molecule has 0 aliphatic heterocycles. The Balaban J connectivity index is 2.17. The summed E-state index contributed by atoms with van der Waals surface area (Å²) in [5.74, 6) is 0.0687. The minimum Gasteiger partial charge on any atom is -0.276 e. The van der Waals surface area contributed by atoms with E-state index in [9.17, 15) is 4.79 Å². The Morgan fingerprint density at radius 2 is 2.27 bits per heavy atom. The molecule has 1 aromatic heterocycles. The monoisotopic (exact) mass is 206 g/mol. The van der Waals surface area contributed by atoms with Gasteiger partial charge in [0.05, 0.1) is 0 Å². The van der Waals surface area contributed by atoms with Crippen molar-refractivity contribution in [3.8, 4) is 0 Å². The molecule has 0 N–H and O–H groups in total. The van der Waals surface area contributed by atoms with Crippen LogP contribution in [-0.2, 0) is 0 Å². The SMILES string of the molecule is CCCCCC=CCC(=O)n1ccnc1. The third kappa shape index (κ3) is 4.58. The second kappa shape index (κ2) is 6.98. The van der Waals surface area contributed by atoms with Crippen molar-refractivity contribution in [2.75, 3.05) is 0 Å². The molecule has 0 aromatic carbocycles. The summed E-state index contributed by atoms with van der Waals surface area (Å²) in [4.78, 5) is 15.3. The third-order valence-electron chi connectivity index (χ3n) is 2.23. The highest BCUT2D eigenvalue weighted by Crippen LogP contribution is 2.01. The Bertz CT molecular complexity index is 301. The summed E-state index contributed by atoms with van der Waals surface area (Å²) in [5, 5.41) is 0. The van der Waals surface area contributed by atoms with E-state index < -0.39 is 0 Å². The highest BCUT2D eigenvalue weighted by molar-refractivity contribution is 5.79. The van der Waals surface area contributed by atoms with Crippen molar-refractivity contribution >= 4 is 5.91 Å². The van der Waals surface area contributed by atoms with E-state index in [1.807, 2.05) is 6.08 Å². The second-order valence-electron chi connectivity index (χ2n) is 3.54. The molecule has 0 saturated carbocycles. The summed E-state index contributed by atoms with van der Waals surface area (Å²) < 4.78 is 1.51. The van der Waals surface area contributed by atoms with Crippen molar-refractivity contribution in [1.82, 2.24) is 9.55 Å². The van der Waals surface area contributed by atoms with Crippen LogP contribution in [0.5, 0.6) is 0 Å². The molecule has 15 heavy (non-hydrogen) atoms. The van der Waals surface area contributed by atoms with E-state index >= 15 is 0 Å². The molecule has 3 heteroatoms. The van der Waals surface area contributed by atoms with Gasteiger partial charge < -0.3 is 0 Å². The maximum atomic E-state index is 11.5. The molecule has 0 fully saturated rings. The van der Waals surface area contributed by atoms with Crippen molar-refractivity contribution < 1.29 is 4.79 Å².